The fourth-order valence-corrected chi connectivity index (χ4v) is 8.33. The van der Waals surface area contributed by atoms with Gasteiger partial charge < -0.3 is 25.8 Å². The highest BCUT2D eigenvalue weighted by molar-refractivity contribution is 7.18. The van der Waals surface area contributed by atoms with Gasteiger partial charge in [-0.1, -0.05) is 53.5 Å². The highest BCUT2D eigenvalue weighted by Crippen LogP contribution is 2.43. The summed E-state index contributed by atoms with van der Waals surface area (Å²) in [6.45, 7) is 5.09. The molecule has 0 unspecified atom stereocenters. The van der Waals surface area contributed by atoms with Gasteiger partial charge in [0.25, 0.3) is 0 Å². The first-order valence-electron chi connectivity index (χ1n) is 16.8. The number of amides is 1. The van der Waals surface area contributed by atoms with Gasteiger partial charge in [-0.3, -0.25) is 14.5 Å². The minimum Gasteiger partial charge on any atom is -0.481 e. The van der Waals surface area contributed by atoms with Gasteiger partial charge in [-0.25, -0.2) is 15.0 Å². The van der Waals surface area contributed by atoms with Crippen molar-refractivity contribution in [2.45, 2.75) is 45.3 Å². The first kappa shape index (κ1) is 35.1. The minimum atomic E-state index is -0.747. The molecule has 7 rings (SSSR count). The quantitative estimate of drug-likeness (QED) is 0.105. The van der Waals surface area contributed by atoms with E-state index >= 15 is 0 Å². The van der Waals surface area contributed by atoms with Crippen LogP contribution >= 0.6 is 34.5 Å². The number of hydrogen-bond donors (Lipinski definition) is 4. The smallest absolute Gasteiger partial charge is 0.307 e. The number of likely N-dealkylation sites (tertiary alicyclic amines) is 1. The zero-order chi connectivity index (χ0) is 35.6. The van der Waals surface area contributed by atoms with Crippen molar-refractivity contribution in [3.05, 3.63) is 80.9 Å². The first-order chi connectivity index (χ1) is 24.7. The number of aliphatic carboxylic acids is 1. The molecule has 4 N–H and O–H groups in total. The largest absolute Gasteiger partial charge is 0.481 e. The number of carboxylic acid groups (broad SMARTS) is 1. The molecule has 264 valence electrons. The Kier molecular flexibility index (Phi) is 10.4. The molecule has 2 fully saturated rings. The summed E-state index contributed by atoms with van der Waals surface area (Å²) in [4.78, 5) is 39.4. The van der Waals surface area contributed by atoms with Crippen molar-refractivity contribution in [3.63, 3.8) is 0 Å². The van der Waals surface area contributed by atoms with E-state index in [1.165, 1.54) is 0 Å². The summed E-state index contributed by atoms with van der Waals surface area (Å²) in [6, 6.07) is 15.6. The first-order valence-corrected chi connectivity index (χ1v) is 18.3. The van der Waals surface area contributed by atoms with Crippen LogP contribution in [0, 0.1) is 12.8 Å². The number of carbonyl (C=O) groups is 2. The van der Waals surface area contributed by atoms with Crippen LogP contribution in [0.4, 0.5) is 11.5 Å². The number of pyridine rings is 2. The predicted molar refractivity (Wildman–Crippen MR) is 201 cm³/mol. The third-order valence-corrected chi connectivity index (χ3v) is 11.2. The number of anilines is 2. The van der Waals surface area contributed by atoms with Crippen LogP contribution in [0.15, 0.2) is 54.7 Å². The molecular formula is C37H37Cl2N7O4S. The number of nitrogens with zero attached hydrogens (tertiary/aromatic N) is 4. The van der Waals surface area contributed by atoms with Crippen molar-refractivity contribution in [1.82, 2.24) is 30.5 Å². The fourth-order valence-electron chi connectivity index (χ4n) is 6.72. The summed E-state index contributed by atoms with van der Waals surface area (Å²) in [6.07, 6.45) is 3.78. The Balaban J connectivity index is 1.12. The average molecular weight is 747 g/mol. The minimum absolute atomic E-state index is 0.0953. The Labute approximate surface area is 309 Å². The Hall–Kier alpha value is -4.33. The predicted octanol–water partition coefficient (Wildman–Crippen LogP) is 7.06. The van der Waals surface area contributed by atoms with Crippen LogP contribution < -0.4 is 20.7 Å². The number of halogens is 2. The normalized spacial score (nSPS) is 17.6. The van der Waals surface area contributed by atoms with Crippen molar-refractivity contribution in [2.24, 2.45) is 5.92 Å². The molecule has 1 amide bonds. The molecule has 2 saturated heterocycles. The van der Waals surface area contributed by atoms with Crippen LogP contribution in [-0.4, -0.2) is 69.6 Å². The van der Waals surface area contributed by atoms with Gasteiger partial charge in [-0.2, -0.15) is 0 Å². The van der Waals surface area contributed by atoms with Gasteiger partial charge in [0.15, 0.2) is 5.82 Å². The molecule has 2 atom stereocenters. The van der Waals surface area contributed by atoms with Gasteiger partial charge >= 0.3 is 5.97 Å². The molecule has 0 bridgehead atoms. The molecule has 0 saturated carbocycles. The lowest BCUT2D eigenvalue weighted by Crippen LogP contribution is -2.35. The Morgan fingerprint density at radius 2 is 1.88 bits per heavy atom. The van der Waals surface area contributed by atoms with Crippen molar-refractivity contribution in [2.75, 3.05) is 32.1 Å². The molecule has 2 aliphatic rings. The lowest BCUT2D eigenvalue weighted by atomic mass is 9.99. The molecule has 51 heavy (non-hydrogen) atoms. The van der Waals surface area contributed by atoms with Crippen LogP contribution in [0.25, 0.3) is 32.6 Å². The molecule has 11 nitrogen and oxygen atoms in total. The van der Waals surface area contributed by atoms with Crippen LogP contribution in [0.2, 0.25) is 10.0 Å². The van der Waals surface area contributed by atoms with Crippen LogP contribution in [0.3, 0.4) is 0 Å². The highest BCUT2D eigenvalue weighted by Gasteiger charge is 2.29. The number of hydrogen-bond acceptors (Lipinski definition) is 10. The number of benzene rings is 2. The number of carbonyl (C=O) groups excluding carboxylic acids is 1. The number of thiazole rings is 1. The van der Waals surface area contributed by atoms with E-state index in [4.69, 9.17) is 37.9 Å². The van der Waals surface area contributed by atoms with E-state index in [9.17, 15) is 14.7 Å². The SMILES string of the molecule is COc1nc(-c2cccc(-c3cccc(Nc4nccc5sc(CN6CC[C@@H](C(=O)O)C6)nc45)c3Cl)c2Cl)cc(C)c1CNC[C@@H]1CCC(=O)N1. The molecule has 2 aromatic carbocycles. The third kappa shape index (κ3) is 7.51. The van der Waals surface area contributed by atoms with Gasteiger partial charge in [0.1, 0.15) is 10.5 Å². The summed E-state index contributed by atoms with van der Waals surface area (Å²) in [5.41, 5.74) is 6.23. The molecule has 2 aliphatic heterocycles. The number of aromatic nitrogens is 3. The third-order valence-electron chi connectivity index (χ3n) is 9.43. The Morgan fingerprint density at radius 3 is 2.63 bits per heavy atom. The Morgan fingerprint density at radius 1 is 1.10 bits per heavy atom. The van der Waals surface area contributed by atoms with E-state index in [0.717, 1.165) is 56.0 Å². The number of ether oxygens (including phenoxy) is 1. The van der Waals surface area contributed by atoms with Crippen LogP contribution in [0.1, 0.15) is 35.4 Å². The summed E-state index contributed by atoms with van der Waals surface area (Å²) in [7, 11) is 1.61. The average Bonchev–Trinajstić information content (AvgIpc) is 3.87. The number of methoxy groups -OCH3 is 1. The molecule has 0 spiro atoms. The van der Waals surface area contributed by atoms with E-state index in [1.807, 2.05) is 55.5 Å². The fraction of sp³-hybridized carbons (Fsp3) is 0.324. The van der Waals surface area contributed by atoms with Crippen LogP contribution in [0.5, 0.6) is 5.88 Å². The second-order valence-corrected chi connectivity index (χ2v) is 14.7. The number of rotatable bonds is 12. The standard InChI is InChI=1S/C37H37Cl2N7O4S/c1-20-15-28(44-36(50-2)26(20)17-40-16-22-9-10-30(47)42-22)25-7-3-5-23(32(25)38)24-6-4-8-27(33(24)39)43-35-34-29(11-13-41-35)51-31(45-34)19-46-14-12-21(18-46)37(48)49/h3-8,11,13,15,21-22,40H,9-10,12,14,16-19H2,1-2H3,(H,41,43)(H,42,47)(H,48,49)/t21-,22+/m1/s1. The van der Waals surface area contributed by atoms with Gasteiger partial charge in [-0.05, 0) is 50.1 Å². The maximum atomic E-state index is 11.6. The maximum Gasteiger partial charge on any atom is 0.307 e. The number of aryl methyl sites for hydroxylation is 1. The maximum absolute atomic E-state index is 11.6. The highest BCUT2D eigenvalue weighted by atomic mass is 35.5. The molecule has 5 aromatic rings. The number of nitrogens with one attached hydrogen (secondary N) is 3. The summed E-state index contributed by atoms with van der Waals surface area (Å²) < 4.78 is 6.70. The van der Waals surface area contributed by atoms with Gasteiger partial charge in [0.2, 0.25) is 11.8 Å². The van der Waals surface area contributed by atoms with E-state index in [-0.39, 0.29) is 17.9 Å². The summed E-state index contributed by atoms with van der Waals surface area (Å²) in [5.74, 6) is 0.0994. The van der Waals surface area contributed by atoms with Crippen molar-refractivity contribution < 1.29 is 19.4 Å². The lowest BCUT2D eigenvalue weighted by molar-refractivity contribution is -0.141. The van der Waals surface area contributed by atoms with E-state index in [1.54, 1.807) is 24.6 Å². The molecule has 0 radical (unpaired) electrons. The van der Waals surface area contributed by atoms with Crippen molar-refractivity contribution in [1.29, 1.82) is 0 Å². The van der Waals surface area contributed by atoms with Crippen molar-refractivity contribution >= 4 is 68.1 Å². The molecule has 5 heterocycles. The summed E-state index contributed by atoms with van der Waals surface area (Å²) in [5, 5.41) is 21.1. The molecular weight excluding hydrogens is 709 g/mol. The second-order valence-electron chi connectivity index (χ2n) is 12.9. The Bertz CT molecular complexity index is 2130. The van der Waals surface area contributed by atoms with Gasteiger partial charge in [0, 0.05) is 60.5 Å². The van der Waals surface area contributed by atoms with Crippen LogP contribution in [-0.2, 0) is 22.7 Å². The number of carboxylic acids is 1. The molecule has 14 heteroatoms. The second kappa shape index (κ2) is 15.1. The summed E-state index contributed by atoms with van der Waals surface area (Å²) >= 11 is 15.8. The van der Waals surface area contributed by atoms with E-state index in [2.05, 4.69) is 25.8 Å². The zero-order valence-electron chi connectivity index (χ0n) is 28.1. The van der Waals surface area contributed by atoms with E-state index < -0.39 is 5.97 Å². The molecule has 0 aliphatic carbocycles. The zero-order valence-corrected chi connectivity index (χ0v) is 30.5. The monoisotopic (exact) mass is 745 g/mol. The lowest BCUT2D eigenvalue weighted by Gasteiger charge is -2.17. The molecule has 3 aromatic heterocycles. The van der Waals surface area contributed by atoms with E-state index in [0.29, 0.717) is 72.1 Å². The van der Waals surface area contributed by atoms with Crippen molar-refractivity contribution in [3.8, 4) is 28.3 Å². The van der Waals surface area contributed by atoms with Gasteiger partial charge in [0.05, 0.1) is 45.7 Å². The topological polar surface area (TPSA) is 142 Å². The number of fused-ring (bicyclic) bond motifs is 1. The van der Waals surface area contributed by atoms with Gasteiger partial charge in [-0.15, -0.1) is 11.3 Å².